The molecular formula is C17H23BrClN3O3. The molecule has 0 bridgehead atoms. The standard InChI is InChI=1S/C17H23BrClN3O3/c1-17(2,3)25-16(24)21-11-6-4-5-10(7-11)15(23)22-14-8-12(18)13(19)9-20-14/h8-11H,4-7H2,1-3H3,(H,21,24)(H,20,22,23)/t10?,11-/m1/s1. The van der Waals surface area contributed by atoms with Crippen LogP contribution in [0.5, 0.6) is 0 Å². The summed E-state index contributed by atoms with van der Waals surface area (Å²) < 4.78 is 5.95. The maximum absolute atomic E-state index is 12.5. The van der Waals surface area contributed by atoms with Gasteiger partial charge < -0.3 is 15.4 Å². The molecule has 1 aromatic rings. The highest BCUT2D eigenvalue weighted by Gasteiger charge is 2.29. The van der Waals surface area contributed by atoms with Gasteiger partial charge in [0.05, 0.1) is 5.02 Å². The third-order valence-electron chi connectivity index (χ3n) is 3.83. The predicted molar refractivity (Wildman–Crippen MR) is 101 cm³/mol. The summed E-state index contributed by atoms with van der Waals surface area (Å²) in [7, 11) is 0. The van der Waals surface area contributed by atoms with E-state index in [-0.39, 0.29) is 17.9 Å². The van der Waals surface area contributed by atoms with Gasteiger partial charge in [0.1, 0.15) is 11.4 Å². The molecule has 1 unspecified atom stereocenters. The zero-order valence-electron chi connectivity index (χ0n) is 14.6. The molecule has 2 rings (SSSR count). The monoisotopic (exact) mass is 431 g/mol. The summed E-state index contributed by atoms with van der Waals surface area (Å²) >= 11 is 9.21. The Morgan fingerprint density at radius 1 is 1.36 bits per heavy atom. The molecule has 2 atom stereocenters. The fraction of sp³-hybridized carbons (Fsp3) is 0.588. The van der Waals surface area contributed by atoms with Crippen LogP contribution in [-0.2, 0) is 9.53 Å². The Labute approximate surface area is 161 Å². The SMILES string of the molecule is CC(C)(C)OC(=O)N[C@@H]1CCCC(C(=O)Nc2cc(Br)c(Cl)cn2)C1. The summed E-state index contributed by atoms with van der Waals surface area (Å²) in [6.45, 7) is 5.46. The molecule has 2 N–H and O–H groups in total. The largest absolute Gasteiger partial charge is 0.444 e. The summed E-state index contributed by atoms with van der Waals surface area (Å²) in [5.41, 5.74) is -0.539. The number of nitrogens with zero attached hydrogens (tertiary/aromatic N) is 1. The molecule has 8 heteroatoms. The number of rotatable bonds is 3. The fourth-order valence-electron chi connectivity index (χ4n) is 2.74. The van der Waals surface area contributed by atoms with Crippen LogP contribution in [0.3, 0.4) is 0 Å². The lowest BCUT2D eigenvalue weighted by molar-refractivity contribution is -0.121. The van der Waals surface area contributed by atoms with Crippen molar-refractivity contribution in [3.8, 4) is 0 Å². The van der Waals surface area contributed by atoms with Gasteiger partial charge in [-0.2, -0.15) is 0 Å². The first-order chi connectivity index (χ1) is 11.6. The van der Waals surface area contributed by atoms with E-state index in [1.54, 1.807) is 6.07 Å². The highest BCUT2D eigenvalue weighted by Crippen LogP contribution is 2.27. The van der Waals surface area contributed by atoms with E-state index >= 15 is 0 Å². The molecule has 138 valence electrons. The lowest BCUT2D eigenvalue weighted by Gasteiger charge is -2.30. The number of pyridine rings is 1. The van der Waals surface area contributed by atoms with Crippen molar-refractivity contribution < 1.29 is 14.3 Å². The molecule has 2 amide bonds. The molecule has 1 aliphatic carbocycles. The zero-order valence-corrected chi connectivity index (χ0v) is 16.9. The number of alkyl carbamates (subject to hydrolysis) is 1. The van der Waals surface area contributed by atoms with Crippen LogP contribution >= 0.6 is 27.5 Å². The molecule has 0 spiro atoms. The summed E-state index contributed by atoms with van der Waals surface area (Å²) in [4.78, 5) is 28.5. The second-order valence-electron chi connectivity index (χ2n) is 7.18. The van der Waals surface area contributed by atoms with Crippen LogP contribution in [0.1, 0.15) is 46.5 Å². The number of carbonyl (C=O) groups excluding carboxylic acids is 2. The normalized spacial score (nSPS) is 20.7. The Morgan fingerprint density at radius 3 is 2.72 bits per heavy atom. The smallest absolute Gasteiger partial charge is 0.407 e. The highest BCUT2D eigenvalue weighted by atomic mass is 79.9. The second-order valence-corrected chi connectivity index (χ2v) is 8.44. The topological polar surface area (TPSA) is 80.3 Å². The Hall–Kier alpha value is -1.34. The zero-order chi connectivity index (χ0) is 18.6. The number of carbonyl (C=O) groups is 2. The average molecular weight is 433 g/mol. The minimum Gasteiger partial charge on any atom is -0.444 e. The first kappa shape index (κ1) is 20.0. The van der Waals surface area contributed by atoms with Gasteiger partial charge in [-0.15, -0.1) is 0 Å². The minimum absolute atomic E-state index is 0.0655. The van der Waals surface area contributed by atoms with E-state index < -0.39 is 11.7 Å². The number of nitrogens with one attached hydrogen (secondary N) is 2. The van der Waals surface area contributed by atoms with E-state index in [0.29, 0.717) is 21.7 Å². The molecule has 1 aliphatic rings. The molecule has 0 saturated heterocycles. The van der Waals surface area contributed by atoms with E-state index in [4.69, 9.17) is 16.3 Å². The van der Waals surface area contributed by atoms with Crippen LogP contribution in [0.25, 0.3) is 0 Å². The van der Waals surface area contributed by atoms with Gasteiger partial charge in [-0.25, -0.2) is 9.78 Å². The first-order valence-corrected chi connectivity index (χ1v) is 9.42. The number of ether oxygens (including phenoxy) is 1. The van der Waals surface area contributed by atoms with Crippen LogP contribution in [0.15, 0.2) is 16.7 Å². The first-order valence-electron chi connectivity index (χ1n) is 8.25. The van der Waals surface area contributed by atoms with Crippen molar-refractivity contribution in [1.29, 1.82) is 0 Å². The Morgan fingerprint density at radius 2 is 2.08 bits per heavy atom. The van der Waals surface area contributed by atoms with Crippen molar-refractivity contribution in [2.75, 3.05) is 5.32 Å². The van der Waals surface area contributed by atoms with Gasteiger partial charge in [0.15, 0.2) is 0 Å². The van der Waals surface area contributed by atoms with Gasteiger partial charge in [0.2, 0.25) is 5.91 Å². The lowest BCUT2D eigenvalue weighted by atomic mass is 9.85. The van der Waals surface area contributed by atoms with Crippen molar-refractivity contribution in [3.05, 3.63) is 21.8 Å². The van der Waals surface area contributed by atoms with E-state index in [1.807, 2.05) is 20.8 Å². The van der Waals surface area contributed by atoms with E-state index in [9.17, 15) is 9.59 Å². The van der Waals surface area contributed by atoms with Gasteiger partial charge in [-0.05, 0) is 62.0 Å². The van der Waals surface area contributed by atoms with E-state index in [0.717, 1.165) is 19.3 Å². The molecule has 1 aromatic heterocycles. The molecule has 0 aromatic carbocycles. The van der Waals surface area contributed by atoms with Crippen molar-refractivity contribution in [2.45, 2.75) is 58.1 Å². The summed E-state index contributed by atoms with van der Waals surface area (Å²) in [6.07, 6.45) is 4.12. The van der Waals surface area contributed by atoms with Gasteiger partial charge in [0, 0.05) is 22.6 Å². The summed E-state index contributed by atoms with van der Waals surface area (Å²) in [5.74, 6) is 0.172. The van der Waals surface area contributed by atoms with Crippen molar-refractivity contribution >= 4 is 45.3 Å². The quantitative estimate of drug-likeness (QED) is 0.736. The van der Waals surface area contributed by atoms with Crippen molar-refractivity contribution in [3.63, 3.8) is 0 Å². The van der Waals surface area contributed by atoms with E-state index in [1.165, 1.54) is 6.20 Å². The summed E-state index contributed by atoms with van der Waals surface area (Å²) in [5, 5.41) is 6.15. The van der Waals surface area contributed by atoms with Gasteiger partial charge >= 0.3 is 6.09 Å². The Bertz CT molecular complexity index is 649. The summed E-state index contributed by atoms with van der Waals surface area (Å²) in [6, 6.07) is 1.60. The van der Waals surface area contributed by atoms with Gasteiger partial charge in [-0.3, -0.25) is 4.79 Å². The van der Waals surface area contributed by atoms with Crippen molar-refractivity contribution in [2.24, 2.45) is 5.92 Å². The molecular weight excluding hydrogens is 410 g/mol. The van der Waals surface area contributed by atoms with Crippen LogP contribution in [0, 0.1) is 5.92 Å². The minimum atomic E-state index is -0.539. The van der Waals surface area contributed by atoms with Crippen molar-refractivity contribution in [1.82, 2.24) is 10.3 Å². The number of hydrogen-bond donors (Lipinski definition) is 2. The van der Waals surface area contributed by atoms with Crippen LogP contribution in [-0.4, -0.2) is 28.6 Å². The highest BCUT2D eigenvalue weighted by molar-refractivity contribution is 9.10. The van der Waals surface area contributed by atoms with Crippen LogP contribution in [0.4, 0.5) is 10.6 Å². The van der Waals surface area contributed by atoms with Gasteiger partial charge in [-0.1, -0.05) is 18.0 Å². The predicted octanol–water partition coefficient (Wildman–Crippen LogP) is 4.52. The number of amides is 2. The third kappa shape index (κ3) is 6.47. The van der Waals surface area contributed by atoms with Crippen LogP contribution < -0.4 is 10.6 Å². The molecule has 0 radical (unpaired) electrons. The van der Waals surface area contributed by atoms with E-state index in [2.05, 4.69) is 31.5 Å². The number of hydrogen-bond acceptors (Lipinski definition) is 4. The Kier molecular flexibility index (Phi) is 6.68. The van der Waals surface area contributed by atoms with Gasteiger partial charge in [0.25, 0.3) is 0 Å². The average Bonchev–Trinajstić information content (AvgIpc) is 2.49. The number of anilines is 1. The maximum atomic E-state index is 12.5. The maximum Gasteiger partial charge on any atom is 0.407 e. The lowest BCUT2D eigenvalue weighted by Crippen LogP contribution is -2.43. The Balaban J connectivity index is 1.90. The number of aromatic nitrogens is 1. The second kappa shape index (κ2) is 8.36. The molecule has 1 heterocycles. The molecule has 6 nitrogen and oxygen atoms in total. The molecule has 1 saturated carbocycles. The fourth-order valence-corrected chi connectivity index (χ4v) is 3.17. The molecule has 25 heavy (non-hydrogen) atoms. The molecule has 1 fully saturated rings. The number of halogens is 2. The third-order valence-corrected chi connectivity index (χ3v) is 5.01. The van der Waals surface area contributed by atoms with Crippen LogP contribution in [0.2, 0.25) is 5.02 Å². The molecule has 0 aliphatic heterocycles.